The third-order valence-electron chi connectivity index (χ3n) is 3.10. The van der Waals surface area contributed by atoms with Crippen LogP contribution in [-0.2, 0) is 27.2 Å². The molecule has 1 aliphatic rings. The molecule has 0 bridgehead atoms. The number of rotatable bonds is 5. The molecule has 0 saturated heterocycles. The number of hydrogen-bond acceptors (Lipinski definition) is 4. The van der Waals surface area contributed by atoms with E-state index in [0.29, 0.717) is 19.6 Å². The van der Waals surface area contributed by atoms with E-state index in [-0.39, 0.29) is 12.0 Å². The van der Waals surface area contributed by atoms with Crippen LogP contribution < -0.4 is 5.32 Å². The Kier molecular flexibility index (Phi) is 4.73. The first kappa shape index (κ1) is 13.1. The number of fused-ring (bicyclic) bond motifs is 1. The van der Waals surface area contributed by atoms with Crippen molar-refractivity contribution in [3.63, 3.8) is 0 Å². The Morgan fingerprint density at radius 1 is 1.33 bits per heavy atom. The van der Waals surface area contributed by atoms with Crippen LogP contribution in [0.3, 0.4) is 0 Å². The van der Waals surface area contributed by atoms with Gasteiger partial charge in [0.15, 0.2) is 0 Å². The van der Waals surface area contributed by atoms with Crippen LogP contribution in [0.15, 0.2) is 24.3 Å². The van der Waals surface area contributed by atoms with E-state index in [1.807, 2.05) is 12.1 Å². The van der Waals surface area contributed by atoms with Crippen LogP contribution in [0, 0.1) is 0 Å². The van der Waals surface area contributed by atoms with Crippen molar-refractivity contribution < 1.29 is 14.3 Å². The summed E-state index contributed by atoms with van der Waals surface area (Å²) in [6.45, 7) is 1.77. The fourth-order valence-electron chi connectivity index (χ4n) is 2.10. The standard InChI is InChI=1S/C14H19NO3/c1-17-7-4-8-18-14(16)13-9-11-5-2-3-6-12(11)10-15-13/h2-3,5-6,13,15H,4,7-10H2,1H3/t13-/m1/s1. The van der Waals surface area contributed by atoms with E-state index in [2.05, 4.69) is 17.4 Å². The Hall–Kier alpha value is -1.39. The fourth-order valence-corrected chi connectivity index (χ4v) is 2.10. The number of ether oxygens (including phenoxy) is 2. The highest BCUT2D eigenvalue weighted by Crippen LogP contribution is 2.16. The predicted octanol–water partition coefficient (Wildman–Crippen LogP) is 1.28. The van der Waals surface area contributed by atoms with Crippen LogP contribution in [0.5, 0.6) is 0 Å². The van der Waals surface area contributed by atoms with Crippen molar-refractivity contribution in [1.29, 1.82) is 0 Å². The molecule has 0 saturated carbocycles. The van der Waals surface area contributed by atoms with Crippen LogP contribution in [0.25, 0.3) is 0 Å². The van der Waals surface area contributed by atoms with Crippen molar-refractivity contribution in [3.8, 4) is 0 Å². The van der Waals surface area contributed by atoms with Gasteiger partial charge < -0.3 is 14.8 Å². The van der Waals surface area contributed by atoms with Crippen LogP contribution in [0.4, 0.5) is 0 Å². The average molecular weight is 249 g/mol. The molecule has 1 aliphatic heterocycles. The lowest BCUT2D eigenvalue weighted by Crippen LogP contribution is -2.42. The van der Waals surface area contributed by atoms with E-state index >= 15 is 0 Å². The second kappa shape index (κ2) is 6.52. The molecule has 1 heterocycles. The fraction of sp³-hybridized carbons (Fsp3) is 0.500. The normalized spacial score (nSPS) is 18.2. The van der Waals surface area contributed by atoms with Crippen LogP contribution >= 0.6 is 0 Å². The van der Waals surface area contributed by atoms with E-state index in [1.54, 1.807) is 7.11 Å². The van der Waals surface area contributed by atoms with Crippen molar-refractivity contribution in [2.24, 2.45) is 0 Å². The van der Waals surface area contributed by atoms with E-state index in [9.17, 15) is 4.79 Å². The number of esters is 1. The summed E-state index contributed by atoms with van der Waals surface area (Å²) in [5.41, 5.74) is 2.50. The lowest BCUT2D eigenvalue weighted by Gasteiger charge is -2.24. The summed E-state index contributed by atoms with van der Waals surface area (Å²) >= 11 is 0. The number of methoxy groups -OCH3 is 1. The van der Waals surface area contributed by atoms with Gasteiger partial charge in [-0.3, -0.25) is 4.79 Å². The molecule has 4 heteroatoms. The van der Waals surface area contributed by atoms with E-state index in [4.69, 9.17) is 9.47 Å². The van der Waals surface area contributed by atoms with E-state index < -0.39 is 0 Å². The van der Waals surface area contributed by atoms with Gasteiger partial charge in [-0.25, -0.2) is 0 Å². The van der Waals surface area contributed by atoms with E-state index in [0.717, 1.165) is 13.0 Å². The van der Waals surface area contributed by atoms with Crippen molar-refractivity contribution in [2.45, 2.75) is 25.4 Å². The Bertz CT molecular complexity index is 406. The molecule has 4 nitrogen and oxygen atoms in total. The first-order valence-corrected chi connectivity index (χ1v) is 6.27. The van der Waals surface area contributed by atoms with Crippen LogP contribution in [0.1, 0.15) is 17.5 Å². The summed E-state index contributed by atoms with van der Waals surface area (Å²) in [6.07, 6.45) is 1.45. The van der Waals surface area contributed by atoms with Crippen molar-refractivity contribution in [2.75, 3.05) is 20.3 Å². The van der Waals surface area contributed by atoms with Gasteiger partial charge in [0.25, 0.3) is 0 Å². The summed E-state index contributed by atoms with van der Waals surface area (Å²) in [5, 5.41) is 3.21. The zero-order chi connectivity index (χ0) is 12.8. The third-order valence-corrected chi connectivity index (χ3v) is 3.10. The minimum Gasteiger partial charge on any atom is -0.464 e. The molecule has 0 radical (unpaired) electrons. The molecule has 0 amide bonds. The molecule has 0 aliphatic carbocycles. The summed E-state index contributed by atoms with van der Waals surface area (Å²) in [7, 11) is 1.64. The molecular formula is C14H19NO3. The van der Waals surface area contributed by atoms with Gasteiger partial charge in [-0.1, -0.05) is 24.3 Å². The monoisotopic (exact) mass is 249 g/mol. The summed E-state index contributed by atoms with van der Waals surface area (Å²) in [4.78, 5) is 11.8. The zero-order valence-corrected chi connectivity index (χ0v) is 10.6. The van der Waals surface area contributed by atoms with Crippen molar-refractivity contribution in [1.82, 2.24) is 5.32 Å². The topological polar surface area (TPSA) is 47.6 Å². The molecular weight excluding hydrogens is 230 g/mol. The number of carbonyl (C=O) groups is 1. The van der Waals surface area contributed by atoms with Crippen LogP contribution in [-0.4, -0.2) is 32.3 Å². The van der Waals surface area contributed by atoms with Crippen LogP contribution in [0.2, 0.25) is 0 Å². The Morgan fingerprint density at radius 2 is 2.11 bits per heavy atom. The second-order valence-corrected chi connectivity index (χ2v) is 4.42. The zero-order valence-electron chi connectivity index (χ0n) is 10.6. The highest BCUT2D eigenvalue weighted by Gasteiger charge is 2.24. The van der Waals surface area contributed by atoms with Gasteiger partial charge in [-0.15, -0.1) is 0 Å². The van der Waals surface area contributed by atoms with Gasteiger partial charge >= 0.3 is 5.97 Å². The maximum Gasteiger partial charge on any atom is 0.323 e. The third kappa shape index (κ3) is 3.31. The number of benzene rings is 1. The number of hydrogen-bond donors (Lipinski definition) is 1. The number of carbonyl (C=O) groups excluding carboxylic acids is 1. The lowest BCUT2D eigenvalue weighted by atomic mass is 9.96. The smallest absolute Gasteiger partial charge is 0.323 e. The molecule has 1 atom stereocenters. The number of nitrogens with one attached hydrogen (secondary N) is 1. The maximum absolute atomic E-state index is 11.8. The lowest BCUT2D eigenvalue weighted by molar-refractivity contribution is -0.146. The average Bonchev–Trinajstić information content (AvgIpc) is 2.43. The van der Waals surface area contributed by atoms with Gasteiger partial charge in [0, 0.05) is 26.7 Å². The highest BCUT2D eigenvalue weighted by molar-refractivity contribution is 5.76. The molecule has 0 unspecified atom stereocenters. The van der Waals surface area contributed by atoms with Gasteiger partial charge in [0.2, 0.25) is 0 Å². The molecule has 0 aromatic heterocycles. The highest BCUT2D eigenvalue weighted by atomic mass is 16.5. The van der Waals surface area contributed by atoms with Gasteiger partial charge in [-0.05, 0) is 17.5 Å². The minimum absolute atomic E-state index is 0.166. The molecule has 1 N–H and O–H groups in total. The van der Waals surface area contributed by atoms with Gasteiger partial charge in [-0.2, -0.15) is 0 Å². The summed E-state index contributed by atoms with van der Waals surface area (Å²) in [6, 6.07) is 7.96. The Labute approximate surface area is 107 Å². The molecule has 1 aromatic rings. The molecule has 98 valence electrons. The molecule has 18 heavy (non-hydrogen) atoms. The predicted molar refractivity (Wildman–Crippen MR) is 68.2 cm³/mol. The van der Waals surface area contributed by atoms with Gasteiger partial charge in [0.05, 0.1) is 6.61 Å². The van der Waals surface area contributed by atoms with Crippen molar-refractivity contribution in [3.05, 3.63) is 35.4 Å². The molecule has 0 fully saturated rings. The van der Waals surface area contributed by atoms with Crippen molar-refractivity contribution >= 4 is 5.97 Å². The summed E-state index contributed by atoms with van der Waals surface area (Å²) < 4.78 is 10.1. The quantitative estimate of drug-likeness (QED) is 0.631. The Balaban J connectivity index is 1.83. The molecule has 0 spiro atoms. The first-order valence-electron chi connectivity index (χ1n) is 6.27. The second-order valence-electron chi connectivity index (χ2n) is 4.42. The first-order chi connectivity index (χ1) is 8.81. The maximum atomic E-state index is 11.8. The SMILES string of the molecule is COCCCOC(=O)[C@H]1Cc2ccccc2CN1. The Morgan fingerprint density at radius 3 is 2.89 bits per heavy atom. The minimum atomic E-state index is -0.220. The summed E-state index contributed by atoms with van der Waals surface area (Å²) in [5.74, 6) is -0.166. The van der Waals surface area contributed by atoms with E-state index in [1.165, 1.54) is 11.1 Å². The van der Waals surface area contributed by atoms with Gasteiger partial charge in [0.1, 0.15) is 6.04 Å². The molecule has 2 rings (SSSR count). The molecule has 1 aromatic carbocycles. The largest absolute Gasteiger partial charge is 0.464 e.